The van der Waals surface area contributed by atoms with Crippen LogP contribution >= 0.6 is 0 Å². The normalized spacial score (nSPS) is 23.7. The van der Waals surface area contributed by atoms with E-state index in [1.54, 1.807) is 13.8 Å². The number of nitrogens with one attached hydrogen (secondary N) is 3. The Morgan fingerprint density at radius 2 is 1.73 bits per heavy atom. The number of ether oxygens (including phenoxy) is 2. The minimum atomic E-state index is -1.56. The van der Waals surface area contributed by atoms with E-state index in [1.165, 1.54) is 0 Å². The van der Waals surface area contributed by atoms with Crippen molar-refractivity contribution >= 4 is 11.9 Å². The minimum absolute atomic E-state index is 0.0796. The van der Waals surface area contributed by atoms with Crippen molar-refractivity contribution in [2.24, 2.45) is 11.7 Å². The van der Waals surface area contributed by atoms with Crippen molar-refractivity contribution in [3.05, 3.63) is 46.6 Å². The number of nitrogens with zero attached hydrogens (tertiary/aromatic N) is 1. The number of carbonyl (C=O) groups is 2. The summed E-state index contributed by atoms with van der Waals surface area (Å²) in [4.78, 5) is 23.6. The second-order valence-corrected chi connectivity index (χ2v) is 10.7. The molecule has 9 N–H and O–H groups in total. The number of hydrogen-bond donors (Lipinski definition) is 8. The second kappa shape index (κ2) is 13.9. The number of carbonyl (C=O) groups excluding carboxylic acids is 2. The Morgan fingerprint density at radius 3 is 2.30 bits per heavy atom. The predicted octanol–water partition coefficient (Wildman–Crippen LogP) is -0.346. The summed E-state index contributed by atoms with van der Waals surface area (Å²) in [6.45, 7) is 7.39. The fourth-order valence-electron chi connectivity index (χ4n) is 4.49. The average Bonchev–Trinajstić information content (AvgIpc) is 3.30. The minimum Gasteiger partial charge on any atom is -0.443 e. The highest BCUT2D eigenvalue weighted by Crippen LogP contribution is 2.31. The molecule has 0 spiro atoms. The van der Waals surface area contributed by atoms with Gasteiger partial charge in [0.25, 0.3) is 0 Å². The Bertz CT molecular complexity index is 1120. The summed E-state index contributed by atoms with van der Waals surface area (Å²) in [5.41, 5.74) is 8.86. The quantitative estimate of drug-likeness (QED) is 0.169. The maximum atomic E-state index is 12.1. The molecule has 1 aromatic carbocycles. The zero-order valence-corrected chi connectivity index (χ0v) is 23.2. The topological polar surface area (TPSA) is 212 Å². The fraction of sp³-hybridized carbons (Fsp3) is 0.593. The molecule has 13 nitrogen and oxygen atoms in total. The molecule has 1 fully saturated rings. The van der Waals surface area contributed by atoms with E-state index < -0.39 is 55.3 Å². The van der Waals surface area contributed by atoms with Crippen molar-refractivity contribution < 1.29 is 39.5 Å². The van der Waals surface area contributed by atoms with Crippen molar-refractivity contribution in [1.29, 1.82) is 0 Å². The molecular formula is C27H41N5O8. The summed E-state index contributed by atoms with van der Waals surface area (Å²) in [7, 11) is 0. The molecule has 1 saturated heterocycles. The Balaban J connectivity index is 1.63. The maximum absolute atomic E-state index is 12.1. The van der Waals surface area contributed by atoms with Crippen LogP contribution in [-0.4, -0.2) is 92.5 Å². The van der Waals surface area contributed by atoms with Gasteiger partial charge < -0.3 is 46.3 Å². The van der Waals surface area contributed by atoms with Crippen molar-refractivity contribution in [3.8, 4) is 5.88 Å². The van der Waals surface area contributed by atoms with E-state index in [4.69, 9.17) is 15.2 Å². The molecule has 0 unspecified atom stereocenters. The van der Waals surface area contributed by atoms with Gasteiger partial charge in [-0.3, -0.25) is 9.89 Å². The van der Waals surface area contributed by atoms with Crippen LogP contribution in [0, 0.1) is 5.92 Å². The summed E-state index contributed by atoms with van der Waals surface area (Å²) in [5, 5.41) is 52.5. The van der Waals surface area contributed by atoms with Gasteiger partial charge in [0.2, 0.25) is 18.1 Å². The highest BCUT2D eigenvalue weighted by Gasteiger charge is 2.45. The van der Waals surface area contributed by atoms with Gasteiger partial charge in [-0.15, -0.1) is 5.10 Å². The number of H-pyrrole nitrogens is 1. The number of primary amides is 1. The number of rotatable bonds is 12. The highest BCUT2D eigenvalue weighted by atomic mass is 16.7. The van der Waals surface area contributed by atoms with Crippen LogP contribution in [0.1, 0.15) is 56.0 Å². The fourth-order valence-corrected chi connectivity index (χ4v) is 4.49. The summed E-state index contributed by atoms with van der Waals surface area (Å²) < 4.78 is 11.3. The highest BCUT2D eigenvalue weighted by molar-refractivity contribution is 5.86. The van der Waals surface area contributed by atoms with Crippen LogP contribution in [0.25, 0.3) is 0 Å². The summed E-state index contributed by atoms with van der Waals surface area (Å²) in [6, 6.07) is 6.60. The van der Waals surface area contributed by atoms with Crippen LogP contribution in [0.15, 0.2) is 24.3 Å². The summed E-state index contributed by atoms with van der Waals surface area (Å²) in [5.74, 6) is -0.440. The number of aromatic nitrogens is 2. The lowest BCUT2D eigenvalue weighted by Gasteiger charge is -2.39. The Hall–Kier alpha value is -3.23. The smallest absolute Gasteiger partial charge is 0.315 e. The van der Waals surface area contributed by atoms with Crippen molar-refractivity contribution in [3.63, 3.8) is 0 Å². The first-order valence-electron chi connectivity index (χ1n) is 13.4. The van der Waals surface area contributed by atoms with Crippen LogP contribution in [0.4, 0.5) is 4.79 Å². The van der Waals surface area contributed by atoms with Gasteiger partial charge in [0.1, 0.15) is 30.5 Å². The van der Waals surface area contributed by atoms with Crippen molar-refractivity contribution in [2.75, 3.05) is 13.2 Å². The van der Waals surface area contributed by atoms with Crippen LogP contribution in [0.3, 0.4) is 0 Å². The maximum Gasteiger partial charge on any atom is 0.315 e. The van der Waals surface area contributed by atoms with E-state index in [-0.39, 0.29) is 17.7 Å². The molecule has 222 valence electrons. The SMILES string of the molecule is CC(C)c1[nH]nc(O[C@@H]2O[C@H](CO)[C@H](O)[C@H](O)[C@H]2O)c1Cc1ccc(CCNC(=O)N[C@H](C(N)=O)C(C)C)cc1. The zero-order chi connectivity index (χ0) is 29.6. The standard InChI is InChI=1S/C27H41N5O8/c1-13(2)19-17(25(32-31-19)40-26-23(36)22(35)21(34)18(12-33)39-26)11-16-7-5-15(6-8-16)9-10-29-27(38)30-20(14(3)4)24(28)37/h5-8,13-14,18,20-23,26,33-36H,9-12H2,1-4H3,(H2,28,37)(H,31,32)(H2,29,30,38)/t18-,20+,21+,22+,23-,26+/m1/s1. The van der Waals surface area contributed by atoms with E-state index >= 15 is 0 Å². The molecule has 2 aromatic rings. The summed E-state index contributed by atoms with van der Waals surface area (Å²) in [6.07, 6.45) is -6.01. The average molecular weight is 564 g/mol. The van der Waals surface area contributed by atoms with Crippen LogP contribution < -0.4 is 21.1 Å². The number of aliphatic hydroxyl groups excluding tert-OH is 4. The molecule has 3 amide bonds. The molecule has 0 saturated carbocycles. The number of aromatic amines is 1. The number of benzene rings is 1. The first kappa shape index (κ1) is 31.3. The molecule has 3 rings (SSSR count). The Labute approximate surface area is 233 Å². The van der Waals surface area contributed by atoms with E-state index in [1.807, 2.05) is 38.1 Å². The lowest BCUT2D eigenvalue weighted by Crippen LogP contribution is -2.60. The molecule has 1 aliphatic heterocycles. The van der Waals surface area contributed by atoms with E-state index in [0.717, 1.165) is 22.4 Å². The van der Waals surface area contributed by atoms with Gasteiger partial charge in [-0.2, -0.15) is 0 Å². The molecular weight excluding hydrogens is 522 g/mol. The predicted molar refractivity (Wildman–Crippen MR) is 144 cm³/mol. The van der Waals surface area contributed by atoms with Crippen LogP contribution in [0.5, 0.6) is 5.88 Å². The van der Waals surface area contributed by atoms with Crippen LogP contribution in [0.2, 0.25) is 0 Å². The number of amides is 3. The van der Waals surface area contributed by atoms with E-state index in [0.29, 0.717) is 19.4 Å². The zero-order valence-electron chi connectivity index (χ0n) is 23.2. The third-order valence-corrected chi connectivity index (χ3v) is 6.88. The van der Waals surface area contributed by atoms with Gasteiger partial charge in [0, 0.05) is 24.2 Å². The third kappa shape index (κ3) is 7.70. The lowest BCUT2D eigenvalue weighted by atomic mass is 9.98. The first-order valence-corrected chi connectivity index (χ1v) is 13.4. The third-order valence-electron chi connectivity index (χ3n) is 6.88. The summed E-state index contributed by atoms with van der Waals surface area (Å²) >= 11 is 0. The van der Waals surface area contributed by atoms with Gasteiger partial charge in [-0.25, -0.2) is 4.79 Å². The number of urea groups is 1. The van der Waals surface area contributed by atoms with Gasteiger partial charge in [0.15, 0.2) is 0 Å². The van der Waals surface area contributed by atoms with Crippen LogP contribution in [-0.2, 0) is 22.4 Å². The number of hydrogen-bond acceptors (Lipinski definition) is 9. The molecule has 6 atom stereocenters. The number of aliphatic hydroxyl groups is 4. The lowest BCUT2D eigenvalue weighted by molar-refractivity contribution is -0.278. The molecule has 0 radical (unpaired) electrons. The molecule has 0 aliphatic carbocycles. The monoisotopic (exact) mass is 563 g/mol. The van der Waals surface area contributed by atoms with E-state index in [2.05, 4.69) is 20.8 Å². The van der Waals surface area contributed by atoms with Crippen molar-refractivity contribution in [2.45, 2.75) is 83.2 Å². The number of nitrogens with two attached hydrogens (primary N) is 1. The Kier molecular flexibility index (Phi) is 10.9. The van der Waals surface area contributed by atoms with Gasteiger partial charge in [0.05, 0.1) is 6.61 Å². The molecule has 40 heavy (non-hydrogen) atoms. The Morgan fingerprint density at radius 1 is 1.07 bits per heavy atom. The first-order chi connectivity index (χ1) is 18.9. The van der Waals surface area contributed by atoms with Crippen molar-refractivity contribution in [1.82, 2.24) is 20.8 Å². The molecule has 13 heteroatoms. The van der Waals surface area contributed by atoms with E-state index in [9.17, 15) is 30.0 Å². The molecule has 2 heterocycles. The van der Waals surface area contributed by atoms with Gasteiger partial charge in [-0.1, -0.05) is 52.0 Å². The van der Waals surface area contributed by atoms with Gasteiger partial charge in [-0.05, 0) is 29.4 Å². The molecule has 1 aliphatic rings. The second-order valence-electron chi connectivity index (χ2n) is 10.7. The van der Waals surface area contributed by atoms with Gasteiger partial charge >= 0.3 is 6.03 Å². The largest absolute Gasteiger partial charge is 0.443 e. The molecule has 1 aromatic heterocycles. The molecule has 0 bridgehead atoms.